The number of likely N-dealkylation sites (tertiary alicyclic amines) is 1. The lowest BCUT2D eigenvalue weighted by Crippen LogP contribution is -2.39. The van der Waals surface area contributed by atoms with Gasteiger partial charge in [-0.1, -0.05) is 0 Å². The molecule has 1 aliphatic rings. The Morgan fingerprint density at radius 2 is 2.45 bits per heavy atom. The summed E-state index contributed by atoms with van der Waals surface area (Å²) in [6.07, 6.45) is 2.21. The van der Waals surface area contributed by atoms with Crippen LogP contribution in [0.15, 0.2) is 0 Å². The standard InChI is InChI=1S/C8H18N2O/c1-7(11)6-10-4-2-3-8(10)5-9/h7-8,11H,2-6,9H2,1H3/t7-,8+/m0/s1. The number of nitrogens with two attached hydrogens (primary N) is 1. The molecule has 0 aromatic carbocycles. The summed E-state index contributed by atoms with van der Waals surface area (Å²) in [5.41, 5.74) is 5.58. The molecule has 0 aliphatic carbocycles. The van der Waals surface area contributed by atoms with Crippen LogP contribution in [0, 0.1) is 0 Å². The zero-order chi connectivity index (χ0) is 8.27. The van der Waals surface area contributed by atoms with Gasteiger partial charge < -0.3 is 10.8 Å². The summed E-state index contributed by atoms with van der Waals surface area (Å²) in [6.45, 7) is 4.44. The monoisotopic (exact) mass is 158 g/mol. The van der Waals surface area contributed by atoms with Crippen molar-refractivity contribution in [1.82, 2.24) is 4.90 Å². The number of aliphatic hydroxyl groups is 1. The van der Waals surface area contributed by atoms with Gasteiger partial charge >= 0.3 is 0 Å². The number of rotatable bonds is 3. The number of nitrogens with zero attached hydrogens (tertiary/aromatic N) is 1. The highest BCUT2D eigenvalue weighted by Crippen LogP contribution is 2.15. The first-order valence-corrected chi connectivity index (χ1v) is 4.36. The minimum Gasteiger partial charge on any atom is -0.392 e. The molecule has 3 nitrogen and oxygen atoms in total. The maximum absolute atomic E-state index is 9.14. The van der Waals surface area contributed by atoms with Crippen molar-refractivity contribution in [2.45, 2.75) is 31.9 Å². The van der Waals surface area contributed by atoms with Gasteiger partial charge in [-0.2, -0.15) is 0 Å². The van der Waals surface area contributed by atoms with Gasteiger partial charge in [0.2, 0.25) is 0 Å². The molecule has 0 aromatic rings. The van der Waals surface area contributed by atoms with Crippen LogP contribution in [0.4, 0.5) is 0 Å². The molecule has 1 saturated heterocycles. The molecule has 3 N–H and O–H groups in total. The number of hydrogen-bond acceptors (Lipinski definition) is 3. The molecule has 66 valence electrons. The van der Waals surface area contributed by atoms with Gasteiger partial charge in [-0.3, -0.25) is 4.90 Å². The third kappa shape index (κ3) is 2.43. The van der Waals surface area contributed by atoms with Gasteiger partial charge in [0.1, 0.15) is 0 Å². The Hall–Kier alpha value is -0.120. The van der Waals surface area contributed by atoms with E-state index in [-0.39, 0.29) is 6.10 Å². The van der Waals surface area contributed by atoms with E-state index in [9.17, 15) is 0 Å². The molecule has 3 heteroatoms. The molecular weight excluding hydrogens is 140 g/mol. The van der Waals surface area contributed by atoms with E-state index >= 15 is 0 Å². The number of hydrogen-bond donors (Lipinski definition) is 2. The second kappa shape index (κ2) is 4.04. The van der Waals surface area contributed by atoms with Crippen LogP contribution in [0.2, 0.25) is 0 Å². The lowest BCUT2D eigenvalue weighted by molar-refractivity contribution is 0.121. The highest BCUT2D eigenvalue weighted by Gasteiger charge is 2.23. The van der Waals surface area contributed by atoms with E-state index in [1.54, 1.807) is 0 Å². The highest BCUT2D eigenvalue weighted by molar-refractivity contribution is 4.80. The first-order valence-electron chi connectivity index (χ1n) is 4.36. The summed E-state index contributed by atoms with van der Waals surface area (Å²) in [7, 11) is 0. The fourth-order valence-corrected chi connectivity index (χ4v) is 1.74. The molecule has 1 aliphatic heterocycles. The molecule has 0 aromatic heterocycles. The summed E-state index contributed by atoms with van der Waals surface area (Å²) in [5.74, 6) is 0. The van der Waals surface area contributed by atoms with Gasteiger partial charge in [0, 0.05) is 19.1 Å². The van der Waals surface area contributed by atoms with E-state index in [0.717, 1.165) is 19.6 Å². The average molecular weight is 158 g/mol. The second-order valence-corrected chi connectivity index (χ2v) is 3.38. The Balaban J connectivity index is 2.31. The quantitative estimate of drug-likeness (QED) is 0.597. The molecule has 0 spiro atoms. The summed E-state index contributed by atoms with van der Waals surface area (Å²) >= 11 is 0. The topological polar surface area (TPSA) is 49.5 Å². The molecule has 0 radical (unpaired) electrons. The van der Waals surface area contributed by atoms with Crippen molar-refractivity contribution >= 4 is 0 Å². The van der Waals surface area contributed by atoms with Crippen LogP contribution in [0.1, 0.15) is 19.8 Å². The lowest BCUT2D eigenvalue weighted by Gasteiger charge is -2.24. The van der Waals surface area contributed by atoms with Crippen LogP contribution in [0.3, 0.4) is 0 Å². The summed E-state index contributed by atoms with van der Waals surface area (Å²) in [4.78, 5) is 2.28. The van der Waals surface area contributed by atoms with E-state index in [1.165, 1.54) is 12.8 Å². The zero-order valence-electron chi connectivity index (χ0n) is 7.16. The van der Waals surface area contributed by atoms with Crippen molar-refractivity contribution in [3.05, 3.63) is 0 Å². The van der Waals surface area contributed by atoms with E-state index < -0.39 is 0 Å². The van der Waals surface area contributed by atoms with Crippen LogP contribution in [-0.4, -0.2) is 41.8 Å². The normalized spacial score (nSPS) is 29.2. The molecule has 1 fully saturated rings. The van der Waals surface area contributed by atoms with Crippen molar-refractivity contribution in [1.29, 1.82) is 0 Å². The lowest BCUT2D eigenvalue weighted by atomic mass is 10.2. The number of β-amino-alcohol motifs (C(OH)–C–C–N with tert-alkyl or cyclic N) is 1. The van der Waals surface area contributed by atoms with Crippen molar-refractivity contribution in [3.8, 4) is 0 Å². The van der Waals surface area contributed by atoms with Crippen molar-refractivity contribution in [2.75, 3.05) is 19.6 Å². The first-order chi connectivity index (χ1) is 5.24. The third-order valence-electron chi connectivity index (χ3n) is 2.27. The second-order valence-electron chi connectivity index (χ2n) is 3.38. The summed E-state index contributed by atoms with van der Waals surface area (Å²) < 4.78 is 0. The maximum atomic E-state index is 9.14. The van der Waals surface area contributed by atoms with E-state index in [2.05, 4.69) is 4.90 Å². The Labute approximate surface area is 68.2 Å². The van der Waals surface area contributed by atoms with Crippen LogP contribution >= 0.6 is 0 Å². The molecule has 2 atom stereocenters. The van der Waals surface area contributed by atoms with Crippen LogP contribution in [0.25, 0.3) is 0 Å². The predicted molar refractivity (Wildman–Crippen MR) is 45.3 cm³/mol. The van der Waals surface area contributed by atoms with Crippen molar-refractivity contribution < 1.29 is 5.11 Å². The smallest absolute Gasteiger partial charge is 0.0639 e. The zero-order valence-corrected chi connectivity index (χ0v) is 7.16. The van der Waals surface area contributed by atoms with Crippen LogP contribution in [0.5, 0.6) is 0 Å². The minimum atomic E-state index is -0.220. The predicted octanol–water partition coefficient (Wildman–Crippen LogP) is -0.210. The molecular formula is C8H18N2O. The Morgan fingerprint density at radius 3 is 3.00 bits per heavy atom. The molecule has 0 amide bonds. The maximum Gasteiger partial charge on any atom is 0.0639 e. The van der Waals surface area contributed by atoms with Gasteiger partial charge in [-0.05, 0) is 26.3 Å². The Kier molecular flexibility index (Phi) is 3.30. The SMILES string of the molecule is C[C@H](O)CN1CCC[C@@H]1CN. The average Bonchev–Trinajstić information content (AvgIpc) is 2.34. The fraction of sp³-hybridized carbons (Fsp3) is 1.00. The molecule has 0 unspecified atom stereocenters. The molecule has 0 saturated carbocycles. The van der Waals surface area contributed by atoms with Gasteiger partial charge in [0.25, 0.3) is 0 Å². The van der Waals surface area contributed by atoms with Gasteiger partial charge in [-0.15, -0.1) is 0 Å². The van der Waals surface area contributed by atoms with Crippen molar-refractivity contribution in [3.63, 3.8) is 0 Å². The van der Waals surface area contributed by atoms with Gasteiger partial charge in [-0.25, -0.2) is 0 Å². The Morgan fingerprint density at radius 1 is 1.73 bits per heavy atom. The Bertz CT molecular complexity index is 117. The van der Waals surface area contributed by atoms with E-state index in [0.29, 0.717) is 6.04 Å². The highest BCUT2D eigenvalue weighted by atomic mass is 16.3. The molecule has 1 rings (SSSR count). The van der Waals surface area contributed by atoms with Crippen LogP contribution < -0.4 is 5.73 Å². The van der Waals surface area contributed by atoms with Crippen LogP contribution in [-0.2, 0) is 0 Å². The van der Waals surface area contributed by atoms with Crippen molar-refractivity contribution in [2.24, 2.45) is 5.73 Å². The largest absolute Gasteiger partial charge is 0.392 e. The van der Waals surface area contributed by atoms with Gasteiger partial charge in [0.05, 0.1) is 6.10 Å². The first kappa shape index (κ1) is 8.97. The fourth-order valence-electron chi connectivity index (χ4n) is 1.74. The van der Waals surface area contributed by atoms with E-state index in [4.69, 9.17) is 10.8 Å². The summed E-state index contributed by atoms with van der Waals surface area (Å²) in [5, 5.41) is 9.14. The van der Waals surface area contributed by atoms with Gasteiger partial charge in [0.15, 0.2) is 0 Å². The molecule has 0 bridgehead atoms. The third-order valence-corrected chi connectivity index (χ3v) is 2.27. The van der Waals surface area contributed by atoms with E-state index in [1.807, 2.05) is 6.92 Å². The molecule has 1 heterocycles. The minimum absolute atomic E-state index is 0.220. The number of aliphatic hydroxyl groups excluding tert-OH is 1. The summed E-state index contributed by atoms with van der Waals surface area (Å²) in [6, 6.07) is 0.518. The molecule has 11 heavy (non-hydrogen) atoms.